The Bertz CT molecular complexity index is 359. The van der Waals surface area contributed by atoms with Crippen molar-refractivity contribution in [1.29, 1.82) is 0 Å². The van der Waals surface area contributed by atoms with E-state index in [1.54, 1.807) is 11.1 Å². The van der Waals surface area contributed by atoms with Gasteiger partial charge in [0.25, 0.3) is 6.47 Å². The van der Waals surface area contributed by atoms with Gasteiger partial charge in [-0.05, 0) is 48.0 Å². The fraction of sp³-hybridized carbons (Fsp3) is 0.625. The minimum absolute atomic E-state index is 0.253. The van der Waals surface area contributed by atoms with Crippen LogP contribution < -0.4 is 0 Å². The lowest BCUT2D eigenvalue weighted by molar-refractivity contribution is -0.138. The Morgan fingerprint density at radius 2 is 1.67 bits per heavy atom. The van der Waals surface area contributed by atoms with Gasteiger partial charge in [-0.15, -0.1) is 12.8 Å². The summed E-state index contributed by atoms with van der Waals surface area (Å²) in [5.74, 6) is 0. The molecule has 0 unspecified atom stereocenters. The van der Waals surface area contributed by atoms with E-state index < -0.39 is 5.60 Å². The number of carbonyl (C=O) groups is 2. The Morgan fingerprint density at radius 3 is 1.90 bits per heavy atom. The van der Waals surface area contributed by atoms with Gasteiger partial charge in [-0.25, -0.2) is 4.79 Å². The molecular formula is C16H27NO4. The summed E-state index contributed by atoms with van der Waals surface area (Å²) < 4.78 is 9.71. The molecule has 1 heterocycles. The van der Waals surface area contributed by atoms with Crippen molar-refractivity contribution in [2.24, 2.45) is 0 Å². The van der Waals surface area contributed by atoms with Crippen molar-refractivity contribution in [3.63, 3.8) is 0 Å². The molecule has 5 nitrogen and oxygen atoms in total. The van der Waals surface area contributed by atoms with E-state index in [0.29, 0.717) is 6.47 Å². The number of hydrogen-bond acceptors (Lipinski definition) is 4. The van der Waals surface area contributed by atoms with Crippen molar-refractivity contribution in [1.82, 2.24) is 4.90 Å². The number of nitrogens with zero attached hydrogens (tertiary/aromatic N) is 1. The third-order valence-electron chi connectivity index (χ3n) is 1.85. The van der Waals surface area contributed by atoms with Gasteiger partial charge in [-0.1, -0.05) is 6.08 Å². The summed E-state index contributed by atoms with van der Waals surface area (Å²) >= 11 is 0. The van der Waals surface area contributed by atoms with E-state index in [1.165, 1.54) is 0 Å². The van der Waals surface area contributed by atoms with Crippen LogP contribution in [0, 0.1) is 12.8 Å². The Labute approximate surface area is 128 Å². The summed E-state index contributed by atoms with van der Waals surface area (Å²) in [6.07, 6.45) is 12.4. The summed E-state index contributed by atoms with van der Waals surface area (Å²) in [5.41, 5.74) is -0.713. The number of hydrogen-bond donors (Lipinski definition) is 0. The molecule has 1 aliphatic heterocycles. The molecule has 0 N–H and O–H groups in total. The molecular weight excluding hydrogens is 270 g/mol. The van der Waals surface area contributed by atoms with Gasteiger partial charge in [0.15, 0.2) is 0 Å². The molecule has 0 bridgehead atoms. The Morgan fingerprint density at radius 1 is 1.14 bits per heavy atom. The molecule has 120 valence electrons. The topological polar surface area (TPSA) is 55.8 Å². The van der Waals surface area contributed by atoms with Crippen molar-refractivity contribution in [2.75, 3.05) is 6.54 Å². The van der Waals surface area contributed by atoms with Crippen LogP contribution in [0.4, 0.5) is 4.79 Å². The second-order valence-corrected chi connectivity index (χ2v) is 6.17. The quantitative estimate of drug-likeness (QED) is 0.550. The van der Waals surface area contributed by atoms with E-state index in [1.807, 2.05) is 47.6 Å². The van der Waals surface area contributed by atoms with Gasteiger partial charge >= 0.3 is 6.09 Å². The minimum Gasteiger partial charge on any atom is -0.462 e. The molecule has 0 spiro atoms. The van der Waals surface area contributed by atoms with Gasteiger partial charge in [0.05, 0.1) is 0 Å². The molecule has 0 atom stereocenters. The average molecular weight is 297 g/mol. The van der Waals surface area contributed by atoms with Gasteiger partial charge in [-0.3, -0.25) is 9.69 Å². The van der Waals surface area contributed by atoms with E-state index in [0.717, 1.165) is 13.0 Å². The first kappa shape index (κ1) is 21.3. The highest BCUT2D eigenvalue weighted by Gasteiger charge is 2.21. The van der Waals surface area contributed by atoms with E-state index in [4.69, 9.17) is 4.74 Å². The molecule has 0 saturated heterocycles. The van der Waals surface area contributed by atoms with Gasteiger partial charge in [0.1, 0.15) is 11.2 Å². The van der Waals surface area contributed by atoms with Crippen LogP contribution in [0.15, 0.2) is 12.3 Å². The summed E-state index contributed by atoms with van der Waals surface area (Å²) in [4.78, 5) is 22.5. The molecule has 0 aliphatic carbocycles. The van der Waals surface area contributed by atoms with Gasteiger partial charge in [-0.2, -0.15) is 0 Å². The van der Waals surface area contributed by atoms with Crippen LogP contribution in [0.5, 0.6) is 0 Å². The molecule has 0 fully saturated rings. The summed E-state index contributed by atoms with van der Waals surface area (Å²) in [6, 6.07) is 0. The van der Waals surface area contributed by atoms with Crippen LogP contribution in [0.2, 0.25) is 0 Å². The van der Waals surface area contributed by atoms with Crippen LogP contribution in [-0.4, -0.2) is 35.2 Å². The van der Waals surface area contributed by atoms with E-state index >= 15 is 0 Å². The van der Waals surface area contributed by atoms with E-state index in [-0.39, 0.29) is 11.7 Å². The lowest BCUT2D eigenvalue weighted by Gasteiger charge is -2.23. The predicted octanol–water partition coefficient (Wildman–Crippen LogP) is 3.35. The second kappa shape index (κ2) is 9.87. The fourth-order valence-corrected chi connectivity index (χ4v) is 1.11. The lowest BCUT2D eigenvalue weighted by atomic mass is 10.2. The van der Waals surface area contributed by atoms with E-state index in [2.05, 4.69) is 17.6 Å². The molecule has 0 aromatic heterocycles. The first-order valence-corrected chi connectivity index (χ1v) is 6.66. The number of carbonyl (C=O) groups excluding carboxylic acids is 2. The molecule has 21 heavy (non-hydrogen) atoms. The van der Waals surface area contributed by atoms with E-state index in [9.17, 15) is 9.59 Å². The summed E-state index contributed by atoms with van der Waals surface area (Å²) in [7, 11) is 0. The van der Waals surface area contributed by atoms with Crippen LogP contribution in [0.25, 0.3) is 0 Å². The molecule has 0 saturated carbocycles. The second-order valence-electron chi connectivity index (χ2n) is 6.17. The SMILES string of the molecule is C#C.CC(C)(C)OC(=O)N1C=CCC1.CC(C)(C)OC=O. The van der Waals surface area contributed by atoms with Gasteiger partial charge in [0, 0.05) is 12.7 Å². The van der Waals surface area contributed by atoms with Crippen LogP contribution in [0.3, 0.4) is 0 Å². The average Bonchev–Trinajstić information content (AvgIpc) is 2.82. The number of terminal acetylenes is 1. The van der Waals surface area contributed by atoms with Crippen LogP contribution >= 0.6 is 0 Å². The molecule has 1 aliphatic rings. The lowest BCUT2D eigenvalue weighted by Crippen LogP contribution is -2.32. The molecule has 0 radical (unpaired) electrons. The van der Waals surface area contributed by atoms with Crippen molar-refractivity contribution >= 4 is 12.6 Å². The maximum absolute atomic E-state index is 11.3. The Balaban J connectivity index is 0. The summed E-state index contributed by atoms with van der Waals surface area (Å²) in [5, 5.41) is 0. The standard InChI is InChI=1S/C9H15NO2.C5H10O2.C2H2/c1-9(2,3)12-8(11)10-6-4-5-7-10;1-5(2,3)7-4-6;1-2/h4,6H,5,7H2,1-3H3;4H,1-3H3;1-2H. The zero-order valence-electron chi connectivity index (χ0n) is 13.9. The third-order valence-corrected chi connectivity index (χ3v) is 1.85. The normalized spacial score (nSPS) is 13.2. The first-order valence-electron chi connectivity index (χ1n) is 6.66. The van der Waals surface area contributed by atoms with Crippen molar-refractivity contribution in [2.45, 2.75) is 59.2 Å². The Hall–Kier alpha value is -1.96. The van der Waals surface area contributed by atoms with Crippen LogP contribution in [-0.2, 0) is 14.3 Å². The van der Waals surface area contributed by atoms with Crippen molar-refractivity contribution < 1.29 is 19.1 Å². The fourth-order valence-electron chi connectivity index (χ4n) is 1.11. The maximum atomic E-state index is 11.3. The minimum atomic E-state index is -0.395. The molecule has 1 amide bonds. The smallest absolute Gasteiger partial charge is 0.414 e. The van der Waals surface area contributed by atoms with Crippen LogP contribution in [0.1, 0.15) is 48.0 Å². The largest absolute Gasteiger partial charge is 0.462 e. The highest BCUT2D eigenvalue weighted by molar-refractivity contribution is 5.69. The molecule has 0 aromatic rings. The van der Waals surface area contributed by atoms with Gasteiger partial charge < -0.3 is 9.47 Å². The number of rotatable bonds is 1. The molecule has 5 heteroatoms. The number of ether oxygens (including phenoxy) is 2. The molecule has 1 rings (SSSR count). The van der Waals surface area contributed by atoms with Crippen molar-refractivity contribution in [3.05, 3.63) is 12.3 Å². The number of amides is 1. The highest BCUT2D eigenvalue weighted by Crippen LogP contribution is 2.12. The zero-order chi connectivity index (χ0) is 17.1. The predicted molar refractivity (Wildman–Crippen MR) is 83.5 cm³/mol. The zero-order valence-corrected chi connectivity index (χ0v) is 13.9. The Kier molecular flexibility index (Phi) is 10.0. The first-order chi connectivity index (χ1) is 9.55. The highest BCUT2D eigenvalue weighted by atomic mass is 16.6. The monoisotopic (exact) mass is 297 g/mol. The molecule has 0 aromatic carbocycles. The van der Waals surface area contributed by atoms with Gasteiger partial charge in [0.2, 0.25) is 0 Å². The van der Waals surface area contributed by atoms with Crippen molar-refractivity contribution in [3.8, 4) is 12.8 Å². The summed E-state index contributed by atoms with van der Waals surface area (Å²) in [6.45, 7) is 12.3. The maximum Gasteiger partial charge on any atom is 0.414 e. The third kappa shape index (κ3) is 14.3.